The molecule has 0 unspecified atom stereocenters. The summed E-state index contributed by atoms with van der Waals surface area (Å²) in [6, 6.07) is 9.39. The van der Waals surface area contributed by atoms with Crippen LogP contribution in [-0.2, 0) is 20.0 Å². The monoisotopic (exact) mass is 259 g/mol. The van der Waals surface area contributed by atoms with Gasteiger partial charge in [-0.3, -0.25) is 13.9 Å². The lowest BCUT2D eigenvalue weighted by molar-refractivity contribution is 0.608. The molecule has 1 heterocycles. The summed E-state index contributed by atoms with van der Waals surface area (Å²) in [5.74, 6) is 0.209. The maximum Gasteiger partial charge on any atom is 0.332 e. The first kappa shape index (κ1) is 13.1. The highest BCUT2D eigenvalue weighted by molar-refractivity contribution is 5.27. The van der Waals surface area contributed by atoms with Gasteiger partial charge >= 0.3 is 5.69 Å². The standard InChI is InChI=1S/C14H17N3O2/c1-10-3-5-11(6-4-10)7-8-17-12(15)9-13(18)16(2)14(17)19/h3-6,9H,7-8,15H2,1-2H3. The molecule has 2 rings (SSSR count). The van der Waals surface area contributed by atoms with Crippen LogP contribution in [-0.4, -0.2) is 9.13 Å². The van der Waals surface area contributed by atoms with E-state index in [-0.39, 0.29) is 17.1 Å². The molecule has 0 aliphatic carbocycles. The average Bonchev–Trinajstić information content (AvgIpc) is 2.38. The van der Waals surface area contributed by atoms with E-state index >= 15 is 0 Å². The number of hydrogen-bond donors (Lipinski definition) is 1. The van der Waals surface area contributed by atoms with Gasteiger partial charge in [-0.25, -0.2) is 4.79 Å². The molecule has 0 radical (unpaired) electrons. The number of rotatable bonds is 3. The van der Waals surface area contributed by atoms with Crippen LogP contribution in [0.1, 0.15) is 11.1 Å². The third kappa shape index (κ3) is 2.76. The third-order valence-electron chi connectivity index (χ3n) is 3.18. The minimum Gasteiger partial charge on any atom is -0.385 e. The van der Waals surface area contributed by atoms with Gasteiger partial charge in [0.25, 0.3) is 5.56 Å². The molecule has 0 aliphatic heterocycles. The molecular weight excluding hydrogens is 242 g/mol. The number of anilines is 1. The van der Waals surface area contributed by atoms with E-state index in [1.165, 1.54) is 23.2 Å². The molecular formula is C14H17N3O2. The molecule has 100 valence electrons. The van der Waals surface area contributed by atoms with E-state index < -0.39 is 0 Å². The zero-order valence-electron chi connectivity index (χ0n) is 11.1. The molecule has 0 atom stereocenters. The highest BCUT2D eigenvalue weighted by atomic mass is 16.2. The molecule has 0 spiro atoms. The molecule has 2 aromatic rings. The summed E-state index contributed by atoms with van der Waals surface area (Å²) in [4.78, 5) is 23.3. The van der Waals surface area contributed by atoms with Crippen molar-refractivity contribution >= 4 is 5.82 Å². The van der Waals surface area contributed by atoms with Gasteiger partial charge in [0.2, 0.25) is 0 Å². The second-order valence-electron chi connectivity index (χ2n) is 4.64. The maximum absolute atomic E-state index is 11.9. The fourth-order valence-electron chi connectivity index (χ4n) is 1.91. The largest absolute Gasteiger partial charge is 0.385 e. The lowest BCUT2D eigenvalue weighted by Gasteiger charge is -2.10. The molecule has 1 aromatic heterocycles. The van der Waals surface area contributed by atoms with Gasteiger partial charge in [0.05, 0.1) is 0 Å². The number of aryl methyl sites for hydroxylation is 2. The van der Waals surface area contributed by atoms with Crippen LogP contribution in [0.4, 0.5) is 5.82 Å². The van der Waals surface area contributed by atoms with E-state index in [1.807, 2.05) is 31.2 Å². The van der Waals surface area contributed by atoms with Gasteiger partial charge in [-0.1, -0.05) is 29.8 Å². The smallest absolute Gasteiger partial charge is 0.332 e. The van der Waals surface area contributed by atoms with Crippen molar-refractivity contribution in [2.24, 2.45) is 7.05 Å². The van der Waals surface area contributed by atoms with Gasteiger partial charge in [-0.05, 0) is 18.9 Å². The van der Waals surface area contributed by atoms with Gasteiger partial charge in [-0.2, -0.15) is 0 Å². The van der Waals surface area contributed by atoms with E-state index in [4.69, 9.17) is 5.73 Å². The first-order valence-corrected chi connectivity index (χ1v) is 6.11. The van der Waals surface area contributed by atoms with Crippen LogP contribution in [0.2, 0.25) is 0 Å². The van der Waals surface area contributed by atoms with Gasteiger partial charge in [0.1, 0.15) is 5.82 Å². The van der Waals surface area contributed by atoms with Crippen molar-refractivity contribution in [3.05, 3.63) is 62.3 Å². The highest BCUT2D eigenvalue weighted by Gasteiger charge is 2.06. The Bertz CT molecular complexity index is 696. The summed E-state index contributed by atoms with van der Waals surface area (Å²) in [7, 11) is 1.45. The highest BCUT2D eigenvalue weighted by Crippen LogP contribution is 2.05. The Morgan fingerprint density at radius 1 is 1.16 bits per heavy atom. The SMILES string of the molecule is Cc1ccc(CCn2c(N)cc(=O)n(C)c2=O)cc1. The Hall–Kier alpha value is -2.30. The second kappa shape index (κ2) is 5.14. The van der Waals surface area contributed by atoms with Crippen molar-refractivity contribution in [1.29, 1.82) is 0 Å². The number of benzene rings is 1. The summed E-state index contributed by atoms with van der Waals surface area (Å²) in [5, 5.41) is 0. The third-order valence-corrected chi connectivity index (χ3v) is 3.18. The lowest BCUT2D eigenvalue weighted by atomic mass is 10.1. The molecule has 0 amide bonds. The molecule has 0 aliphatic rings. The number of nitrogen functional groups attached to an aromatic ring is 1. The first-order valence-electron chi connectivity index (χ1n) is 6.11. The van der Waals surface area contributed by atoms with E-state index in [2.05, 4.69) is 0 Å². The lowest BCUT2D eigenvalue weighted by Crippen LogP contribution is -2.39. The Labute approximate surface area is 110 Å². The Balaban J connectivity index is 2.25. The number of nitrogens with two attached hydrogens (primary N) is 1. The predicted octanol–water partition coefficient (Wildman–Crippen LogP) is 0.680. The molecule has 0 saturated heterocycles. The topological polar surface area (TPSA) is 70.0 Å². The Kier molecular flexibility index (Phi) is 3.55. The fourth-order valence-corrected chi connectivity index (χ4v) is 1.91. The minimum atomic E-state index is -0.380. The number of hydrogen-bond acceptors (Lipinski definition) is 3. The zero-order valence-corrected chi connectivity index (χ0v) is 11.1. The molecule has 5 nitrogen and oxygen atoms in total. The van der Waals surface area contributed by atoms with E-state index in [9.17, 15) is 9.59 Å². The zero-order chi connectivity index (χ0) is 14.0. The summed E-state index contributed by atoms with van der Waals surface area (Å²) < 4.78 is 2.48. The van der Waals surface area contributed by atoms with E-state index in [0.717, 1.165) is 10.1 Å². The van der Waals surface area contributed by atoms with Gasteiger partial charge in [0, 0.05) is 19.7 Å². The van der Waals surface area contributed by atoms with Crippen LogP contribution >= 0.6 is 0 Å². The summed E-state index contributed by atoms with van der Waals surface area (Å²) >= 11 is 0. The van der Waals surface area contributed by atoms with Crippen LogP contribution in [0.15, 0.2) is 39.9 Å². The molecule has 0 fully saturated rings. The Morgan fingerprint density at radius 2 is 1.79 bits per heavy atom. The van der Waals surface area contributed by atoms with Crippen LogP contribution in [0.3, 0.4) is 0 Å². The van der Waals surface area contributed by atoms with Crippen molar-refractivity contribution in [1.82, 2.24) is 9.13 Å². The van der Waals surface area contributed by atoms with Crippen molar-refractivity contribution in [3.63, 3.8) is 0 Å². The normalized spacial score (nSPS) is 10.6. The molecule has 5 heteroatoms. The molecule has 0 saturated carbocycles. The van der Waals surface area contributed by atoms with Gasteiger partial charge < -0.3 is 5.73 Å². The summed E-state index contributed by atoms with van der Waals surface area (Å²) in [6.07, 6.45) is 0.697. The first-order chi connectivity index (χ1) is 8.99. The van der Waals surface area contributed by atoms with Crippen LogP contribution in [0, 0.1) is 6.92 Å². The Morgan fingerprint density at radius 3 is 2.42 bits per heavy atom. The minimum absolute atomic E-state index is 0.209. The summed E-state index contributed by atoms with van der Waals surface area (Å²) in [5.41, 5.74) is 7.30. The average molecular weight is 259 g/mol. The quantitative estimate of drug-likeness (QED) is 0.881. The molecule has 2 N–H and O–H groups in total. The maximum atomic E-state index is 11.9. The van der Waals surface area contributed by atoms with Crippen LogP contribution in [0.5, 0.6) is 0 Å². The second-order valence-corrected chi connectivity index (χ2v) is 4.64. The van der Waals surface area contributed by atoms with Crippen LogP contribution < -0.4 is 17.0 Å². The van der Waals surface area contributed by atoms with E-state index in [1.54, 1.807) is 0 Å². The van der Waals surface area contributed by atoms with Crippen molar-refractivity contribution < 1.29 is 0 Å². The summed E-state index contributed by atoms with van der Waals surface area (Å²) in [6.45, 7) is 2.49. The van der Waals surface area contributed by atoms with Gasteiger partial charge in [-0.15, -0.1) is 0 Å². The van der Waals surface area contributed by atoms with Crippen molar-refractivity contribution in [2.45, 2.75) is 19.9 Å². The van der Waals surface area contributed by atoms with Crippen molar-refractivity contribution in [2.75, 3.05) is 5.73 Å². The fraction of sp³-hybridized carbons (Fsp3) is 0.286. The van der Waals surface area contributed by atoms with Crippen molar-refractivity contribution in [3.8, 4) is 0 Å². The molecule has 19 heavy (non-hydrogen) atoms. The number of nitrogens with zero attached hydrogens (tertiary/aromatic N) is 2. The van der Waals surface area contributed by atoms with Gasteiger partial charge in [0.15, 0.2) is 0 Å². The van der Waals surface area contributed by atoms with E-state index in [0.29, 0.717) is 13.0 Å². The number of aromatic nitrogens is 2. The van der Waals surface area contributed by atoms with Crippen LogP contribution in [0.25, 0.3) is 0 Å². The molecule has 1 aromatic carbocycles. The molecule has 0 bridgehead atoms. The predicted molar refractivity (Wildman–Crippen MR) is 75.2 cm³/mol.